The zero-order valence-electron chi connectivity index (χ0n) is 11.0. The standard InChI is InChI=1S/C15H16N2O3/c18-15(12-4-7-19-10-12)17-9-11-3-5-16-13(8-11)14-2-1-6-20-14/h1-3,5-6,8,12H,4,7,9-10H2,(H,17,18). The molecule has 1 saturated heterocycles. The molecule has 1 atom stereocenters. The van der Waals surface area contributed by atoms with E-state index in [1.165, 1.54) is 0 Å². The molecule has 0 aliphatic carbocycles. The van der Waals surface area contributed by atoms with Gasteiger partial charge in [-0.05, 0) is 36.2 Å². The normalized spacial score (nSPS) is 18.1. The molecule has 1 fully saturated rings. The summed E-state index contributed by atoms with van der Waals surface area (Å²) in [5.74, 6) is 0.766. The number of rotatable bonds is 4. The van der Waals surface area contributed by atoms with E-state index in [0.717, 1.165) is 23.4 Å². The number of carbonyl (C=O) groups excluding carboxylic acids is 1. The summed E-state index contributed by atoms with van der Waals surface area (Å²) in [5.41, 5.74) is 1.77. The lowest BCUT2D eigenvalue weighted by Gasteiger charge is -2.09. The highest BCUT2D eigenvalue weighted by Gasteiger charge is 2.22. The Morgan fingerprint density at radius 1 is 1.45 bits per heavy atom. The van der Waals surface area contributed by atoms with E-state index in [0.29, 0.717) is 19.8 Å². The van der Waals surface area contributed by atoms with Crippen molar-refractivity contribution in [1.82, 2.24) is 10.3 Å². The minimum atomic E-state index is -0.0126. The summed E-state index contributed by atoms with van der Waals surface area (Å²) in [7, 11) is 0. The molecule has 2 aromatic heterocycles. The SMILES string of the molecule is O=C(NCc1ccnc(-c2ccco2)c1)C1CCOC1. The van der Waals surface area contributed by atoms with Gasteiger partial charge in [0.05, 0.1) is 18.8 Å². The molecule has 1 unspecified atom stereocenters. The highest BCUT2D eigenvalue weighted by atomic mass is 16.5. The van der Waals surface area contributed by atoms with Crippen LogP contribution in [0.15, 0.2) is 41.1 Å². The highest BCUT2D eigenvalue weighted by Crippen LogP contribution is 2.18. The zero-order chi connectivity index (χ0) is 13.8. The van der Waals surface area contributed by atoms with Gasteiger partial charge in [0.15, 0.2) is 5.76 Å². The van der Waals surface area contributed by atoms with Crippen LogP contribution in [0.5, 0.6) is 0 Å². The Hall–Kier alpha value is -2.14. The van der Waals surface area contributed by atoms with E-state index in [4.69, 9.17) is 9.15 Å². The van der Waals surface area contributed by atoms with Crippen LogP contribution in [0.4, 0.5) is 0 Å². The van der Waals surface area contributed by atoms with Crippen molar-refractivity contribution in [3.63, 3.8) is 0 Å². The Bertz CT molecular complexity index is 575. The molecule has 2 aromatic rings. The highest BCUT2D eigenvalue weighted by molar-refractivity contribution is 5.79. The van der Waals surface area contributed by atoms with E-state index >= 15 is 0 Å². The Kier molecular flexibility index (Phi) is 3.78. The fourth-order valence-corrected chi connectivity index (χ4v) is 2.22. The first kappa shape index (κ1) is 12.9. The van der Waals surface area contributed by atoms with E-state index in [2.05, 4.69) is 10.3 Å². The smallest absolute Gasteiger partial charge is 0.225 e. The van der Waals surface area contributed by atoms with Gasteiger partial charge in [-0.15, -0.1) is 0 Å². The van der Waals surface area contributed by atoms with Crippen LogP contribution in [0.2, 0.25) is 0 Å². The first-order valence-corrected chi connectivity index (χ1v) is 6.67. The molecule has 0 aromatic carbocycles. The summed E-state index contributed by atoms with van der Waals surface area (Å²) < 4.78 is 10.5. The number of furan rings is 1. The maximum atomic E-state index is 11.9. The minimum absolute atomic E-state index is 0.0126. The number of hydrogen-bond donors (Lipinski definition) is 1. The lowest BCUT2D eigenvalue weighted by Crippen LogP contribution is -2.30. The van der Waals surface area contributed by atoms with Crippen LogP contribution < -0.4 is 5.32 Å². The number of carbonyl (C=O) groups is 1. The van der Waals surface area contributed by atoms with Gasteiger partial charge >= 0.3 is 0 Å². The van der Waals surface area contributed by atoms with Gasteiger partial charge < -0.3 is 14.5 Å². The Balaban J connectivity index is 1.63. The maximum absolute atomic E-state index is 11.9. The monoisotopic (exact) mass is 272 g/mol. The van der Waals surface area contributed by atoms with Crippen LogP contribution in [0.25, 0.3) is 11.5 Å². The number of amides is 1. The van der Waals surface area contributed by atoms with Crippen molar-refractivity contribution >= 4 is 5.91 Å². The van der Waals surface area contributed by atoms with E-state index < -0.39 is 0 Å². The molecule has 1 aliphatic rings. The average Bonchev–Trinajstić information content (AvgIpc) is 3.17. The van der Waals surface area contributed by atoms with Crippen molar-refractivity contribution in [2.45, 2.75) is 13.0 Å². The lowest BCUT2D eigenvalue weighted by atomic mass is 10.1. The van der Waals surface area contributed by atoms with Gasteiger partial charge in [-0.3, -0.25) is 9.78 Å². The fourth-order valence-electron chi connectivity index (χ4n) is 2.22. The molecule has 1 amide bonds. The molecule has 0 spiro atoms. The molecular weight excluding hydrogens is 256 g/mol. The minimum Gasteiger partial charge on any atom is -0.463 e. The lowest BCUT2D eigenvalue weighted by molar-refractivity contribution is -0.125. The molecule has 1 N–H and O–H groups in total. The molecule has 104 valence electrons. The molecule has 20 heavy (non-hydrogen) atoms. The summed E-state index contributed by atoms with van der Waals surface area (Å²) >= 11 is 0. The van der Waals surface area contributed by atoms with Crippen molar-refractivity contribution < 1.29 is 13.9 Å². The molecule has 0 saturated carbocycles. The molecule has 0 bridgehead atoms. The van der Waals surface area contributed by atoms with Gasteiger partial charge in [0.25, 0.3) is 0 Å². The van der Waals surface area contributed by atoms with Gasteiger partial charge in [0.1, 0.15) is 5.69 Å². The summed E-state index contributed by atoms with van der Waals surface area (Å²) in [6.45, 7) is 1.70. The van der Waals surface area contributed by atoms with Crippen LogP contribution in [-0.2, 0) is 16.1 Å². The van der Waals surface area contributed by atoms with Crippen LogP contribution in [-0.4, -0.2) is 24.1 Å². The summed E-state index contributed by atoms with van der Waals surface area (Å²) in [6, 6.07) is 7.49. The predicted molar refractivity (Wildman–Crippen MR) is 72.7 cm³/mol. The summed E-state index contributed by atoms with van der Waals surface area (Å²) in [5, 5.41) is 2.94. The summed E-state index contributed by atoms with van der Waals surface area (Å²) in [4.78, 5) is 16.2. The van der Waals surface area contributed by atoms with Gasteiger partial charge in [0.2, 0.25) is 5.91 Å². The van der Waals surface area contributed by atoms with Crippen molar-refractivity contribution in [2.24, 2.45) is 5.92 Å². The molecule has 5 nitrogen and oxygen atoms in total. The van der Waals surface area contributed by atoms with Crippen LogP contribution in [0, 0.1) is 5.92 Å². The largest absolute Gasteiger partial charge is 0.463 e. The van der Waals surface area contributed by atoms with Crippen LogP contribution in [0.3, 0.4) is 0 Å². The van der Waals surface area contributed by atoms with Crippen molar-refractivity contribution in [3.05, 3.63) is 42.3 Å². The van der Waals surface area contributed by atoms with E-state index in [1.54, 1.807) is 12.5 Å². The van der Waals surface area contributed by atoms with Crippen molar-refractivity contribution in [1.29, 1.82) is 0 Å². The van der Waals surface area contributed by atoms with Gasteiger partial charge in [-0.2, -0.15) is 0 Å². The van der Waals surface area contributed by atoms with Crippen molar-refractivity contribution in [2.75, 3.05) is 13.2 Å². The third-order valence-corrected chi connectivity index (χ3v) is 3.37. The number of nitrogens with one attached hydrogen (secondary N) is 1. The van der Waals surface area contributed by atoms with Crippen molar-refractivity contribution in [3.8, 4) is 11.5 Å². The molecule has 5 heteroatoms. The quantitative estimate of drug-likeness (QED) is 0.924. The number of hydrogen-bond acceptors (Lipinski definition) is 4. The Morgan fingerprint density at radius 2 is 2.40 bits per heavy atom. The van der Waals surface area contributed by atoms with E-state index in [-0.39, 0.29) is 11.8 Å². The topological polar surface area (TPSA) is 64.4 Å². The second kappa shape index (κ2) is 5.88. The fraction of sp³-hybridized carbons (Fsp3) is 0.333. The number of aromatic nitrogens is 1. The van der Waals surface area contributed by atoms with Crippen LogP contribution >= 0.6 is 0 Å². The maximum Gasteiger partial charge on any atom is 0.225 e. The third kappa shape index (κ3) is 2.88. The Morgan fingerprint density at radius 3 is 3.15 bits per heavy atom. The van der Waals surface area contributed by atoms with Gasteiger partial charge in [-0.1, -0.05) is 0 Å². The Labute approximate surface area is 117 Å². The number of pyridine rings is 1. The zero-order valence-corrected chi connectivity index (χ0v) is 11.0. The summed E-state index contributed by atoms with van der Waals surface area (Å²) in [6.07, 6.45) is 4.14. The van der Waals surface area contributed by atoms with E-state index in [9.17, 15) is 4.79 Å². The second-order valence-electron chi connectivity index (χ2n) is 4.80. The molecular formula is C15H16N2O3. The molecule has 0 radical (unpaired) electrons. The predicted octanol–water partition coefficient (Wildman–Crippen LogP) is 1.99. The third-order valence-electron chi connectivity index (χ3n) is 3.37. The number of ether oxygens (including phenoxy) is 1. The van der Waals surface area contributed by atoms with Gasteiger partial charge in [0, 0.05) is 19.3 Å². The number of nitrogens with zero attached hydrogens (tertiary/aromatic N) is 1. The van der Waals surface area contributed by atoms with E-state index in [1.807, 2.05) is 24.3 Å². The molecule has 1 aliphatic heterocycles. The second-order valence-corrected chi connectivity index (χ2v) is 4.80. The molecule has 3 heterocycles. The average molecular weight is 272 g/mol. The molecule has 3 rings (SSSR count). The first-order chi connectivity index (χ1) is 9.83. The van der Waals surface area contributed by atoms with Crippen LogP contribution in [0.1, 0.15) is 12.0 Å². The first-order valence-electron chi connectivity index (χ1n) is 6.67. The van der Waals surface area contributed by atoms with Gasteiger partial charge in [-0.25, -0.2) is 0 Å².